The van der Waals surface area contributed by atoms with Crippen LogP contribution in [-0.4, -0.2) is 29.3 Å². The molecule has 1 rings (SSSR count). The van der Waals surface area contributed by atoms with Crippen LogP contribution in [0, 0.1) is 6.92 Å². The van der Waals surface area contributed by atoms with Crippen molar-refractivity contribution in [1.82, 2.24) is 4.90 Å². The summed E-state index contributed by atoms with van der Waals surface area (Å²) in [6.07, 6.45) is 1.35. The van der Waals surface area contributed by atoms with Gasteiger partial charge < -0.3 is 4.90 Å². The Morgan fingerprint density at radius 1 is 1.39 bits per heavy atom. The number of nitrogens with zero attached hydrogens (tertiary/aromatic N) is 1. The molecule has 0 radical (unpaired) electrons. The van der Waals surface area contributed by atoms with Crippen LogP contribution in [0.4, 0.5) is 0 Å². The molecule has 0 aliphatic carbocycles. The molecule has 1 aromatic rings. The maximum atomic E-state index is 12.1. The molecule has 100 valence electrons. The second kappa shape index (κ2) is 7.42. The molecule has 0 aliphatic heterocycles. The number of amides is 1. The van der Waals surface area contributed by atoms with Crippen molar-refractivity contribution in [3.63, 3.8) is 0 Å². The quantitative estimate of drug-likeness (QED) is 0.724. The summed E-state index contributed by atoms with van der Waals surface area (Å²) in [4.78, 5) is 14.0. The van der Waals surface area contributed by atoms with Gasteiger partial charge in [-0.3, -0.25) is 4.79 Å². The van der Waals surface area contributed by atoms with Gasteiger partial charge >= 0.3 is 0 Å². The first kappa shape index (κ1) is 15.0. The van der Waals surface area contributed by atoms with Gasteiger partial charge in [-0.05, 0) is 32.8 Å². The second-order valence-electron chi connectivity index (χ2n) is 4.86. The highest BCUT2D eigenvalue weighted by atomic mass is 35.5. The average molecular weight is 268 g/mol. The summed E-state index contributed by atoms with van der Waals surface area (Å²) in [5.41, 5.74) is 2.46. The van der Waals surface area contributed by atoms with Crippen LogP contribution in [0.25, 0.3) is 0 Å². The van der Waals surface area contributed by atoms with Crippen molar-refractivity contribution in [3.05, 3.63) is 35.4 Å². The largest absolute Gasteiger partial charge is 0.339 e. The third-order valence-electron chi connectivity index (χ3n) is 2.98. The molecule has 0 saturated heterocycles. The van der Waals surface area contributed by atoms with E-state index in [0.29, 0.717) is 18.8 Å². The zero-order valence-electron chi connectivity index (χ0n) is 11.4. The Labute approximate surface area is 115 Å². The summed E-state index contributed by atoms with van der Waals surface area (Å²) in [5.74, 6) is 0.682. The van der Waals surface area contributed by atoms with Gasteiger partial charge in [-0.1, -0.05) is 29.8 Å². The molecule has 0 fully saturated rings. The molecule has 0 aromatic heterocycles. The van der Waals surface area contributed by atoms with Crippen molar-refractivity contribution in [3.8, 4) is 0 Å². The van der Waals surface area contributed by atoms with Gasteiger partial charge in [0.05, 0.1) is 0 Å². The van der Waals surface area contributed by atoms with Gasteiger partial charge in [0.15, 0.2) is 0 Å². The maximum absolute atomic E-state index is 12.1. The highest BCUT2D eigenvalue weighted by molar-refractivity contribution is 6.18. The van der Waals surface area contributed by atoms with Gasteiger partial charge in [0.1, 0.15) is 0 Å². The van der Waals surface area contributed by atoms with Crippen molar-refractivity contribution in [2.75, 3.05) is 12.4 Å². The molecule has 1 aromatic carbocycles. The first-order chi connectivity index (χ1) is 8.54. The molecule has 3 heteroatoms. The van der Waals surface area contributed by atoms with Gasteiger partial charge in [-0.2, -0.15) is 0 Å². The van der Waals surface area contributed by atoms with Gasteiger partial charge in [0, 0.05) is 24.9 Å². The molecule has 0 bridgehead atoms. The molecule has 2 nitrogen and oxygen atoms in total. The summed E-state index contributed by atoms with van der Waals surface area (Å²) in [7, 11) is 0. The monoisotopic (exact) mass is 267 g/mol. The van der Waals surface area contributed by atoms with Gasteiger partial charge in [-0.25, -0.2) is 0 Å². The number of rotatable bonds is 6. The van der Waals surface area contributed by atoms with E-state index < -0.39 is 0 Å². The molecular formula is C15H22ClNO. The van der Waals surface area contributed by atoms with E-state index in [9.17, 15) is 4.79 Å². The Bertz CT molecular complexity index is 390. The lowest BCUT2D eigenvalue weighted by Crippen LogP contribution is -2.38. The molecule has 0 atom stereocenters. The van der Waals surface area contributed by atoms with E-state index in [2.05, 4.69) is 25.1 Å². The molecule has 0 N–H and O–H groups in total. The zero-order chi connectivity index (χ0) is 13.5. The third-order valence-corrected chi connectivity index (χ3v) is 3.15. The fraction of sp³-hybridized carbons (Fsp3) is 0.533. The number of aryl methyl sites for hydroxylation is 2. The number of alkyl halides is 1. The standard InChI is InChI=1S/C15H22ClNO/c1-12(2)17(10-9-16)15(18)8-7-14-6-4-5-13(3)11-14/h4-6,11-12H,7-10H2,1-3H3. The lowest BCUT2D eigenvalue weighted by Gasteiger charge is -2.26. The molecular weight excluding hydrogens is 246 g/mol. The summed E-state index contributed by atoms with van der Waals surface area (Å²) >= 11 is 5.73. The minimum atomic E-state index is 0.187. The lowest BCUT2D eigenvalue weighted by molar-refractivity contribution is -0.132. The molecule has 0 unspecified atom stereocenters. The van der Waals surface area contributed by atoms with E-state index >= 15 is 0 Å². The van der Waals surface area contributed by atoms with Gasteiger partial charge in [-0.15, -0.1) is 11.6 Å². The molecule has 0 heterocycles. The second-order valence-corrected chi connectivity index (χ2v) is 5.24. The number of hydrogen-bond donors (Lipinski definition) is 0. The van der Waals surface area contributed by atoms with Crippen molar-refractivity contribution in [2.24, 2.45) is 0 Å². The highest BCUT2D eigenvalue weighted by Gasteiger charge is 2.15. The summed E-state index contributed by atoms with van der Waals surface area (Å²) in [5, 5.41) is 0. The van der Waals surface area contributed by atoms with Crippen LogP contribution in [-0.2, 0) is 11.2 Å². The van der Waals surface area contributed by atoms with Crippen LogP contribution < -0.4 is 0 Å². The predicted octanol–water partition coefficient (Wildman–Crippen LogP) is 3.40. The minimum absolute atomic E-state index is 0.187. The predicted molar refractivity (Wildman–Crippen MR) is 77.1 cm³/mol. The number of carbonyl (C=O) groups is 1. The molecule has 1 amide bonds. The van der Waals surface area contributed by atoms with Gasteiger partial charge in [0.2, 0.25) is 5.91 Å². The first-order valence-corrected chi connectivity index (χ1v) is 6.99. The highest BCUT2D eigenvalue weighted by Crippen LogP contribution is 2.09. The third kappa shape index (κ3) is 4.69. The van der Waals surface area contributed by atoms with Crippen molar-refractivity contribution in [1.29, 1.82) is 0 Å². The van der Waals surface area contributed by atoms with E-state index in [1.54, 1.807) is 0 Å². The summed E-state index contributed by atoms with van der Waals surface area (Å²) in [6.45, 7) is 6.75. The van der Waals surface area contributed by atoms with Crippen LogP contribution >= 0.6 is 11.6 Å². The van der Waals surface area contributed by atoms with E-state index in [4.69, 9.17) is 11.6 Å². The summed E-state index contributed by atoms with van der Waals surface area (Å²) < 4.78 is 0. The topological polar surface area (TPSA) is 20.3 Å². The van der Waals surface area contributed by atoms with E-state index in [1.807, 2.05) is 24.8 Å². The average Bonchev–Trinajstić information content (AvgIpc) is 2.32. The zero-order valence-corrected chi connectivity index (χ0v) is 12.2. The van der Waals surface area contributed by atoms with Crippen molar-refractivity contribution >= 4 is 17.5 Å². The Balaban J connectivity index is 2.54. The van der Waals surface area contributed by atoms with E-state index in [-0.39, 0.29) is 11.9 Å². The van der Waals surface area contributed by atoms with Crippen molar-refractivity contribution < 1.29 is 4.79 Å². The van der Waals surface area contributed by atoms with E-state index in [1.165, 1.54) is 11.1 Å². The van der Waals surface area contributed by atoms with Crippen LogP contribution in [0.1, 0.15) is 31.4 Å². The smallest absolute Gasteiger partial charge is 0.223 e. The molecule has 18 heavy (non-hydrogen) atoms. The fourth-order valence-electron chi connectivity index (χ4n) is 2.02. The van der Waals surface area contributed by atoms with Crippen molar-refractivity contribution in [2.45, 2.75) is 39.7 Å². The Morgan fingerprint density at radius 3 is 2.67 bits per heavy atom. The Hall–Kier alpha value is -1.02. The molecule has 0 saturated carbocycles. The molecule has 0 aliphatic rings. The number of hydrogen-bond acceptors (Lipinski definition) is 1. The van der Waals surface area contributed by atoms with E-state index in [0.717, 1.165) is 6.42 Å². The fourth-order valence-corrected chi connectivity index (χ4v) is 2.21. The SMILES string of the molecule is Cc1cccc(CCC(=O)N(CCCl)C(C)C)c1. The number of carbonyl (C=O) groups excluding carboxylic acids is 1. The molecule has 0 spiro atoms. The van der Waals surface area contributed by atoms with Gasteiger partial charge in [0.25, 0.3) is 0 Å². The number of halogens is 1. The van der Waals surface area contributed by atoms with Crippen LogP contribution in [0.3, 0.4) is 0 Å². The van der Waals surface area contributed by atoms with Crippen LogP contribution in [0.2, 0.25) is 0 Å². The first-order valence-electron chi connectivity index (χ1n) is 6.45. The lowest BCUT2D eigenvalue weighted by atomic mass is 10.1. The number of benzene rings is 1. The summed E-state index contributed by atoms with van der Waals surface area (Å²) in [6, 6.07) is 8.53. The Kier molecular flexibility index (Phi) is 6.20. The minimum Gasteiger partial charge on any atom is -0.339 e. The van der Waals surface area contributed by atoms with Crippen LogP contribution in [0.5, 0.6) is 0 Å². The normalized spacial score (nSPS) is 10.7. The van der Waals surface area contributed by atoms with Crippen LogP contribution in [0.15, 0.2) is 24.3 Å². The maximum Gasteiger partial charge on any atom is 0.223 e. The Morgan fingerprint density at radius 2 is 2.11 bits per heavy atom.